The molecule has 2 heterocycles. The van der Waals surface area contributed by atoms with Gasteiger partial charge in [0.1, 0.15) is 0 Å². The number of ether oxygens (including phenoxy) is 3. The van der Waals surface area contributed by atoms with E-state index in [0.717, 1.165) is 38.0 Å². The summed E-state index contributed by atoms with van der Waals surface area (Å²) in [5.41, 5.74) is 1.21. The molecule has 0 unspecified atom stereocenters. The Morgan fingerprint density at radius 3 is 2.40 bits per heavy atom. The SMILES string of the molecule is COc1ccc(C(=O)NC2CCN(CCC(=O)c3ccsc3)CC2)c(OC)c1OC. The predicted octanol–water partition coefficient (Wildman–Crippen LogP) is 3.24. The number of piperidine rings is 1. The maximum Gasteiger partial charge on any atom is 0.255 e. The second-order valence-corrected chi connectivity index (χ2v) is 7.94. The number of carbonyl (C=O) groups excluding carboxylic acids is 2. The second-order valence-electron chi connectivity index (χ2n) is 7.16. The molecule has 0 saturated carbocycles. The average Bonchev–Trinajstić information content (AvgIpc) is 3.32. The number of likely N-dealkylation sites (tertiary alicyclic amines) is 1. The normalized spacial score (nSPS) is 14.9. The molecule has 1 aromatic heterocycles. The molecule has 0 bridgehead atoms. The minimum absolute atomic E-state index is 0.0825. The minimum Gasteiger partial charge on any atom is -0.493 e. The van der Waals surface area contributed by atoms with Gasteiger partial charge in [0.05, 0.1) is 26.9 Å². The van der Waals surface area contributed by atoms with E-state index in [1.165, 1.54) is 14.2 Å². The Morgan fingerprint density at radius 2 is 1.80 bits per heavy atom. The van der Waals surface area contributed by atoms with E-state index in [1.807, 2.05) is 16.8 Å². The van der Waals surface area contributed by atoms with Crippen LogP contribution in [0.15, 0.2) is 29.0 Å². The molecule has 0 aliphatic carbocycles. The zero-order valence-corrected chi connectivity index (χ0v) is 18.4. The maximum atomic E-state index is 12.8. The van der Waals surface area contributed by atoms with Crippen molar-refractivity contribution in [3.8, 4) is 17.2 Å². The summed E-state index contributed by atoms with van der Waals surface area (Å²) in [5, 5.41) is 6.92. The number of amides is 1. The maximum absolute atomic E-state index is 12.8. The van der Waals surface area contributed by atoms with E-state index < -0.39 is 0 Å². The first-order valence-electron chi connectivity index (χ1n) is 9.95. The summed E-state index contributed by atoms with van der Waals surface area (Å²) >= 11 is 1.54. The lowest BCUT2D eigenvalue weighted by molar-refractivity contribution is 0.0901. The summed E-state index contributed by atoms with van der Waals surface area (Å²) < 4.78 is 16.1. The van der Waals surface area contributed by atoms with Crippen LogP contribution in [0.5, 0.6) is 17.2 Å². The molecule has 30 heavy (non-hydrogen) atoms. The lowest BCUT2D eigenvalue weighted by atomic mass is 10.0. The molecule has 3 rings (SSSR count). The van der Waals surface area contributed by atoms with Gasteiger partial charge < -0.3 is 24.4 Å². The molecule has 1 saturated heterocycles. The molecule has 0 spiro atoms. The molecule has 1 aromatic carbocycles. The third-order valence-corrected chi connectivity index (χ3v) is 6.05. The van der Waals surface area contributed by atoms with Crippen LogP contribution in [-0.4, -0.2) is 63.6 Å². The molecule has 1 aliphatic rings. The van der Waals surface area contributed by atoms with Crippen molar-refractivity contribution in [2.45, 2.75) is 25.3 Å². The van der Waals surface area contributed by atoms with Gasteiger partial charge >= 0.3 is 0 Å². The Morgan fingerprint density at radius 1 is 1.07 bits per heavy atom. The van der Waals surface area contributed by atoms with E-state index >= 15 is 0 Å². The fourth-order valence-electron chi connectivity index (χ4n) is 3.67. The van der Waals surface area contributed by atoms with Gasteiger partial charge in [-0.15, -0.1) is 0 Å². The smallest absolute Gasteiger partial charge is 0.255 e. The van der Waals surface area contributed by atoms with E-state index in [2.05, 4.69) is 10.2 Å². The number of nitrogens with one attached hydrogen (secondary N) is 1. The highest BCUT2D eigenvalue weighted by molar-refractivity contribution is 7.08. The van der Waals surface area contributed by atoms with Crippen LogP contribution in [0.1, 0.15) is 40.0 Å². The van der Waals surface area contributed by atoms with Crippen LogP contribution < -0.4 is 19.5 Å². The van der Waals surface area contributed by atoms with Gasteiger partial charge in [-0.3, -0.25) is 9.59 Å². The zero-order valence-electron chi connectivity index (χ0n) is 17.6. The molecule has 1 aliphatic heterocycles. The third kappa shape index (κ3) is 5.12. The summed E-state index contributed by atoms with van der Waals surface area (Å²) in [7, 11) is 4.56. The highest BCUT2D eigenvalue weighted by atomic mass is 32.1. The highest BCUT2D eigenvalue weighted by Gasteiger charge is 2.25. The fourth-order valence-corrected chi connectivity index (χ4v) is 4.33. The first-order valence-corrected chi connectivity index (χ1v) is 10.9. The number of thiophene rings is 1. The van der Waals surface area contributed by atoms with Crippen molar-refractivity contribution >= 4 is 23.0 Å². The summed E-state index contributed by atoms with van der Waals surface area (Å²) in [6.07, 6.45) is 2.21. The van der Waals surface area contributed by atoms with Gasteiger partial charge in [0.15, 0.2) is 17.3 Å². The minimum atomic E-state index is -0.195. The number of rotatable bonds is 9. The van der Waals surface area contributed by atoms with Crippen LogP contribution in [0.3, 0.4) is 0 Å². The predicted molar refractivity (Wildman–Crippen MR) is 116 cm³/mol. The number of hydrogen-bond acceptors (Lipinski definition) is 7. The number of Topliss-reactive ketones (excluding diaryl/α,β-unsaturated/α-hetero) is 1. The van der Waals surface area contributed by atoms with Crippen LogP contribution in [0, 0.1) is 0 Å². The molecule has 1 fully saturated rings. The van der Waals surface area contributed by atoms with Gasteiger partial charge in [0.2, 0.25) is 5.75 Å². The second kappa shape index (κ2) is 10.4. The van der Waals surface area contributed by atoms with E-state index in [-0.39, 0.29) is 17.7 Å². The quantitative estimate of drug-likeness (QED) is 0.613. The number of benzene rings is 1. The van der Waals surface area contributed by atoms with E-state index in [4.69, 9.17) is 14.2 Å². The molecular formula is C22H28N2O5S. The largest absolute Gasteiger partial charge is 0.493 e. The van der Waals surface area contributed by atoms with Crippen LogP contribution in [0.25, 0.3) is 0 Å². The molecule has 8 heteroatoms. The van der Waals surface area contributed by atoms with Crippen LogP contribution in [0.2, 0.25) is 0 Å². The Balaban J connectivity index is 1.52. The summed E-state index contributed by atoms with van der Waals surface area (Å²) in [6.45, 7) is 2.45. The van der Waals surface area contributed by atoms with Gasteiger partial charge in [-0.05, 0) is 36.4 Å². The van der Waals surface area contributed by atoms with Crippen molar-refractivity contribution < 1.29 is 23.8 Å². The number of carbonyl (C=O) groups is 2. The molecule has 1 amide bonds. The summed E-state index contributed by atoms with van der Waals surface area (Å²) in [6, 6.07) is 5.33. The van der Waals surface area contributed by atoms with Gasteiger partial charge in [-0.25, -0.2) is 0 Å². The molecule has 0 radical (unpaired) electrons. The Kier molecular flexibility index (Phi) is 7.70. The monoisotopic (exact) mass is 432 g/mol. The van der Waals surface area contributed by atoms with E-state index in [0.29, 0.717) is 29.2 Å². The van der Waals surface area contributed by atoms with Gasteiger partial charge in [0, 0.05) is 43.0 Å². The highest BCUT2D eigenvalue weighted by Crippen LogP contribution is 2.39. The molecule has 7 nitrogen and oxygen atoms in total. The first kappa shape index (κ1) is 22.1. The summed E-state index contributed by atoms with van der Waals surface area (Å²) in [4.78, 5) is 27.3. The van der Waals surface area contributed by atoms with Crippen molar-refractivity contribution in [2.24, 2.45) is 0 Å². The van der Waals surface area contributed by atoms with Crippen molar-refractivity contribution in [1.29, 1.82) is 0 Å². The number of nitrogens with zero attached hydrogens (tertiary/aromatic N) is 1. The lowest BCUT2D eigenvalue weighted by Gasteiger charge is -2.32. The van der Waals surface area contributed by atoms with Crippen molar-refractivity contribution in [3.05, 3.63) is 40.1 Å². The lowest BCUT2D eigenvalue weighted by Crippen LogP contribution is -2.45. The van der Waals surface area contributed by atoms with Crippen molar-refractivity contribution in [1.82, 2.24) is 10.2 Å². The fraction of sp³-hybridized carbons (Fsp3) is 0.455. The topological polar surface area (TPSA) is 77.1 Å². The van der Waals surface area contributed by atoms with Crippen LogP contribution in [-0.2, 0) is 0 Å². The van der Waals surface area contributed by atoms with Gasteiger partial charge in [-0.1, -0.05) is 0 Å². The molecule has 1 N–H and O–H groups in total. The Labute approximate surface area is 180 Å². The molecule has 162 valence electrons. The Hall–Kier alpha value is -2.58. The average molecular weight is 433 g/mol. The van der Waals surface area contributed by atoms with Gasteiger partial charge in [0.25, 0.3) is 5.91 Å². The van der Waals surface area contributed by atoms with E-state index in [1.54, 1.807) is 30.6 Å². The third-order valence-electron chi connectivity index (χ3n) is 5.37. The number of ketones is 1. The van der Waals surface area contributed by atoms with E-state index in [9.17, 15) is 9.59 Å². The molecule has 0 atom stereocenters. The number of methoxy groups -OCH3 is 3. The summed E-state index contributed by atoms with van der Waals surface area (Å²) in [5.74, 6) is 1.26. The van der Waals surface area contributed by atoms with Crippen LogP contribution in [0.4, 0.5) is 0 Å². The molecule has 2 aromatic rings. The zero-order chi connectivity index (χ0) is 21.5. The van der Waals surface area contributed by atoms with Crippen molar-refractivity contribution in [3.63, 3.8) is 0 Å². The Bertz CT molecular complexity index is 861. The standard InChI is InChI=1S/C22H28N2O5S/c1-27-19-5-4-17(20(28-2)21(19)29-3)22(26)23-16-6-10-24(11-7-16)12-8-18(25)15-9-13-30-14-15/h4-5,9,13-14,16H,6-8,10-12H2,1-3H3,(H,23,26). The van der Waals surface area contributed by atoms with Crippen molar-refractivity contribution in [2.75, 3.05) is 41.0 Å². The van der Waals surface area contributed by atoms with Crippen LogP contribution >= 0.6 is 11.3 Å². The van der Waals surface area contributed by atoms with Gasteiger partial charge in [-0.2, -0.15) is 11.3 Å². The molecular weight excluding hydrogens is 404 g/mol. The first-order chi connectivity index (χ1) is 14.6. The number of hydrogen-bond donors (Lipinski definition) is 1.